The summed E-state index contributed by atoms with van der Waals surface area (Å²) in [5.41, 5.74) is 0. The quantitative estimate of drug-likeness (QED) is 0.900. The predicted molar refractivity (Wildman–Crippen MR) is 72.3 cm³/mol. The van der Waals surface area contributed by atoms with Crippen LogP contribution in [0.15, 0.2) is 15.9 Å². The molecule has 2 rings (SSSR count). The van der Waals surface area contributed by atoms with E-state index in [4.69, 9.17) is 5.11 Å². The first-order chi connectivity index (χ1) is 8.20. The molecule has 1 saturated carbocycles. The van der Waals surface area contributed by atoms with Crippen molar-refractivity contribution >= 4 is 33.2 Å². The van der Waals surface area contributed by atoms with Crippen LogP contribution < -0.4 is 5.32 Å². The van der Waals surface area contributed by atoms with Gasteiger partial charge in [-0.2, -0.15) is 0 Å². The van der Waals surface area contributed by atoms with E-state index in [2.05, 4.69) is 21.2 Å². The van der Waals surface area contributed by atoms with Gasteiger partial charge in [-0.15, -0.1) is 11.3 Å². The summed E-state index contributed by atoms with van der Waals surface area (Å²) in [4.78, 5) is 12.7. The van der Waals surface area contributed by atoms with Gasteiger partial charge in [-0.3, -0.25) is 4.79 Å². The predicted octanol–water partition coefficient (Wildman–Crippen LogP) is 2.79. The van der Waals surface area contributed by atoms with Gasteiger partial charge >= 0.3 is 0 Å². The number of aliphatic hydroxyl groups excluding tert-OH is 1. The van der Waals surface area contributed by atoms with Crippen molar-refractivity contribution in [2.45, 2.75) is 31.7 Å². The highest BCUT2D eigenvalue weighted by Gasteiger charge is 2.23. The van der Waals surface area contributed by atoms with Crippen molar-refractivity contribution < 1.29 is 9.90 Å². The maximum atomic E-state index is 12.0. The lowest BCUT2D eigenvalue weighted by atomic mass is 9.86. The Morgan fingerprint density at radius 1 is 1.47 bits per heavy atom. The van der Waals surface area contributed by atoms with E-state index in [0.29, 0.717) is 5.92 Å². The summed E-state index contributed by atoms with van der Waals surface area (Å²) in [6, 6.07) is 2.15. The van der Waals surface area contributed by atoms with E-state index in [0.717, 1.165) is 35.0 Å². The third kappa shape index (κ3) is 3.30. The van der Waals surface area contributed by atoms with Crippen molar-refractivity contribution in [3.8, 4) is 0 Å². The summed E-state index contributed by atoms with van der Waals surface area (Å²) >= 11 is 4.82. The number of carbonyl (C=O) groups excluding carboxylic acids is 1. The van der Waals surface area contributed by atoms with Crippen molar-refractivity contribution in [2.24, 2.45) is 5.92 Å². The summed E-state index contributed by atoms with van der Waals surface area (Å²) in [6.45, 7) is 0.275. The highest BCUT2D eigenvalue weighted by Crippen LogP contribution is 2.26. The fourth-order valence-electron chi connectivity index (χ4n) is 2.20. The first-order valence-electron chi connectivity index (χ1n) is 5.85. The van der Waals surface area contributed by atoms with Crippen molar-refractivity contribution in [1.82, 2.24) is 5.32 Å². The number of carbonyl (C=O) groups is 1. The van der Waals surface area contributed by atoms with Crippen molar-refractivity contribution in [3.63, 3.8) is 0 Å². The van der Waals surface area contributed by atoms with E-state index in [1.165, 1.54) is 11.3 Å². The van der Waals surface area contributed by atoms with E-state index in [9.17, 15) is 4.79 Å². The minimum Gasteiger partial charge on any atom is -0.396 e. The molecule has 94 valence electrons. The molecule has 1 aromatic heterocycles. The zero-order chi connectivity index (χ0) is 12.3. The van der Waals surface area contributed by atoms with Crippen LogP contribution >= 0.6 is 27.3 Å². The van der Waals surface area contributed by atoms with E-state index in [-0.39, 0.29) is 18.6 Å². The lowest BCUT2D eigenvalue weighted by Crippen LogP contribution is -2.37. The molecule has 0 radical (unpaired) electrons. The first-order valence-corrected chi connectivity index (χ1v) is 7.52. The zero-order valence-corrected chi connectivity index (χ0v) is 11.9. The second-order valence-corrected chi connectivity index (χ2v) is 6.24. The molecule has 0 bridgehead atoms. The van der Waals surface area contributed by atoms with Crippen LogP contribution in [0.5, 0.6) is 0 Å². The fraction of sp³-hybridized carbons (Fsp3) is 0.583. The van der Waals surface area contributed by atoms with E-state index < -0.39 is 0 Å². The van der Waals surface area contributed by atoms with Crippen LogP contribution in [0, 0.1) is 5.92 Å². The number of nitrogens with one attached hydrogen (secondary N) is 1. The Labute approximate surface area is 113 Å². The number of thiophene rings is 1. The Bertz CT molecular complexity index is 386. The van der Waals surface area contributed by atoms with Gasteiger partial charge in [-0.1, -0.05) is 0 Å². The fourth-order valence-corrected chi connectivity index (χ4v) is 3.65. The summed E-state index contributed by atoms with van der Waals surface area (Å²) in [7, 11) is 0. The molecule has 0 aliphatic heterocycles. The average molecular weight is 318 g/mol. The Morgan fingerprint density at radius 2 is 2.18 bits per heavy atom. The zero-order valence-electron chi connectivity index (χ0n) is 9.49. The second kappa shape index (κ2) is 5.98. The number of rotatable bonds is 3. The summed E-state index contributed by atoms with van der Waals surface area (Å²) in [5, 5.41) is 14.0. The number of amides is 1. The van der Waals surface area contributed by atoms with Crippen molar-refractivity contribution in [1.29, 1.82) is 0 Å². The molecule has 0 atom stereocenters. The molecule has 0 unspecified atom stereocenters. The molecule has 1 heterocycles. The van der Waals surface area contributed by atoms with Gasteiger partial charge in [0, 0.05) is 17.1 Å². The number of hydrogen-bond donors (Lipinski definition) is 2. The minimum absolute atomic E-state index is 0.0133. The van der Waals surface area contributed by atoms with Crippen LogP contribution in [0.4, 0.5) is 0 Å². The maximum absolute atomic E-state index is 12.0. The molecule has 1 aromatic rings. The Morgan fingerprint density at radius 3 is 2.71 bits per heavy atom. The molecule has 1 amide bonds. The molecule has 3 nitrogen and oxygen atoms in total. The van der Waals surface area contributed by atoms with Gasteiger partial charge in [0.2, 0.25) is 0 Å². The van der Waals surface area contributed by atoms with Crippen molar-refractivity contribution in [3.05, 3.63) is 20.8 Å². The lowest BCUT2D eigenvalue weighted by Gasteiger charge is -2.27. The van der Waals surface area contributed by atoms with Crippen LogP contribution in [-0.2, 0) is 0 Å². The largest absolute Gasteiger partial charge is 0.396 e. The van der Waals surface area contributed by atoms with Gasteiger partial charge in [0.25, 0.3) is 5.91 Å². The molecular weight excluding hydrogens is 302 g/mol. The SMILES string of the molecule is O=C(NC1CCC(CO)CC1)c1sccc1Br. The van der Waals surface area contributed by atoms with Gasteiger partial charge in [-0.05, 0) is 59.0 Å². The van der Waals surface area contributed by atoms with E-state index in [1.807, 2.05) is 11.4 Å². The van der Waals surface area contributed by atoms with Gasteiger partial charge < -0.3 is 10.4 Å². The molecule has 1 fully saturated rings. The molecule has 0 saturated heterocycles. The van der Waals surface area contributed by atoms with Gasteiger partial charge in [0.1, 0.15) is 4.88 Å². The second-order valence-electron chi connectivity index (χ2n) is 4.47. The van der Waals surface area contributed by atoms with E-state index in [1.54, 1.807) is 0 Å². The molecule has 0 spiro atoms. The van der Waals surface area contributed by atoms with Crippen LogP contribution in [0.2, 0.25) is 0 Å². The Hall–Kier alpha value is -0.390. The monoisotopic (exact) mass is 317 g/mol. The third-order valence-electron chi connectivity index (χ3n) is 3.26. The number of hydrogen-bond acceptors (Lipinski definition) is 3. The lowest BCUT2D eigenvalue weighted by molar-refractivity contribution is 0.0917. The van der Waals surface area contributed by atoms with Crippen LogP contribution in [0.3, 0.4) is 0 Å². The molecule has 1 aliphatic carbocycles. The number of aliphatic hydroxyl groups is 1. The molecule has 5 heteroatoms. The van der Waals surface area contributed by atoms with Gasteiger partial charge in [-0.25, -0.2) is 0 Å². The third-order valence-corrected chi connectivity index (χ3v) is 5.10. The summed E-state index contributed by atoms with van der Waals surface area (Å²) < 4.78 is 0.865. The van der Waals surface area contributed by atoms with Crippen molar-refractivity contribution in [2.75, 3.05) is 6.61 Å². The highest BCUT2D eigenvalue weighted by molar-refractivity contribution is 9.10. The topological polar surface area (TPSA) is 49.3 Å². The standard InChI is InChI=1S/C12H16BrNO2S/c13-10-5-6-17-11(10)12(16)14-9-3-1-8(7-15)2-4-9/h5-6,8-9,15H,1-4,7H2,(H,14,16). The highest BCUT2D eigenvalue weighted by atomic mass is 79.9. The Balaban J connectivity index is 1.86. The average Bonchev–Trinajstić information content (AvgIpc) is 2.76. The maximum Gasteiger partial charge on any atom is 0.262 e. The van der Waals surface area contributed by atoms with Gasteiger partial charge in [0.15, 0.2) is 0 Å². The van der Waals surface area contributed by atoms with E-state index >= 15 is 0 Å². The first kappa shape index (κ1) is 13.1. The minimum atomic E-state index is 0.0133. The number of halogens is 1. The van der Waals surface area contributed by atoms with Crippen LogP contribution in [-0.4, -0.2) is 23.7 Å². The normalized spacial score (nSPS) is 24.6. The molecule has 1 aliphatic rings. The van der Waals surface area contributed by atoms with Crippen LogP contribution in [0.25, 0.3) is 0 Å². The molecule has 17 heavy (non-hydrogen) atoms. The molecule has 2 N–H and O–H groups in total. The smallest absolute Gasteiger partial charge is 0.262 e. The van der Waals surface area contributed by atoms with Gasteiger partial charge in [0.05, 0.1) is 0 Å². The van der Waals surface area contributed by atoms with Crippen LogP contribution in [0.1, 0.15) is 35.4 Å². The Kier molecular flexibility index (Phi) is 4.59. The molecular formula is C12H16BrNO2S. The summed E-state index contributed by atoms with van der Waals surface area (Å²) in [5.74, 6) is 0.441. The molecule has 0 aromatic carbocycles. The summed E-state index contributed by atoms with van der Waals surface area (Å²) in [6.07, 6.45) is 3.96.